The van der Waals surface area contributed by atoms with Crippen LogP contribution in [0, 0.1) is 17.5 Å². The van der Waals surface area contributed by atoms with Gasteiger partial charge in [0.1, 0.15) is 0 Å². The molecular weight excluding hydrogens is 215 g/mol. The molecular formula is C12H14F3N. The zero-order valence-electron chi connectivity index (χ0n) is 8.90. The molecule has 0 spiro atoms. The fraction of sp³-hybridized carbons (Fsp3) is 0.500. The molecule has 88 valence electrons. The van der Waals surface area contributed by atoms with Crippen molar-refractivity contribution >= 4 is 0 Å². The van der Waals surface area contributed by atoms with E-state index in [2.05, 4.69) is 5.32 Å². The minimum absolute atomic E-state index is 0.489. The molecule has 0 saturated heterocycles. The van der Waals surface area contributed by atoms with E-state index < -0.39 is 17.5 Å². The third kappa shape index (κ3) is 2.55. The van der Waals surface area contributed by atoms with Crippen LogP contribution in [0.5, 0.6) is 0 Å². The first-order chi connectivity index (χ1) is 7.66. The lowest BCUT2D eigenvalue weighted by atomic mass is 9.93. The van der Waals surface area contributed by atoms with Crippen molar-refractivity contribution in [3.05, 3.63) is 35.1 Å². The van der Waals surface area contributed by atoms with Gasteiger partial charge in [0.2, 0.25) is 0 Å². The van der Waals surface area contributed by atoms with E-state index in [1.165, 1.54) is 19.3 Å². The molecule has 0 atom stereocenters. The van der Waals surface area contributed by atoms with Gasteiger partial charge in [0.25, 0.3) is 0 Å². The van der Waals surface area contributed by atoms with Crippen LogP contribution < -0.4 is 5.32 Å². The maximum atomic E-state index is 12.9. The molecule has 2 rings (SSSR count). The molecule has 1 aromatic carbocycles. The Morgan fingerprint density at radius 1 is 1.12 bits per heavy atom. The first-order valence-corrected chi connectivity index (χ1v) is 5.53. The number of rotatable bonds is 4. The normalized spacial score (nSPS) is 16.2. The Hall–Kier alpha value is -1.03. The van der Waals surface area contributed by atoms with Crippen molar-refractivity contribution in [1.29, 1.82) is 0 Å². The smallest absolute Gasteiger partial charge is 0.194 e. The van der Waals surface area contributed by atoms with Gasteiger partial charge in [0, 0.05) is 6.04 Å². The van der Waals surface area contributed by atoms with Gasteiger partial charge in [-0.1, -0.05) is 6.42 Å². The lowest BCUT2D eigenvalue weighted by Gasteiger charge is -2.26. The first kappa shape index (κ1) is 11.5. The minimum atomic E-state index is -1.39. The second-order valence-electron chi connectivity index (χ2n) is 4.21. The summed E-state index contributed by atoms with van der Waals surface area (Å²) in [5, 5.41) is 3.28. The highest BCUT2D eigenvalue weighted by atomic mass is 19.2. The van der Waals surface area contributed by atoms with Crippen molar-refractivity contribution in [2.24, 2.45) is 0 Å². The van der Waals surface area contributed by atoms with E-state index in [1.807, 2.05) is 0 Å². The van der Waals surface area contributed by atoms with E-state index in [-0.39, 0.29) is 0 Å². The zero-order valence-corrected chi connectivity index (χ0v) is 8.90. The molecule has 0 heterocycles. The van der Waals surface area contributed by atoms with Crippen LogP contribution in [0.15, 0.2) is 12.1 Å². The summed E-state index contributed by atoms with van der Waals surface area (Å²) in [6.45, 7) is 0.676. The molecule has 1 nitrogen and oxygen atoms in total. The molecule has 1 fully saturated rings. The second-order valence-corrected chi connectivity index (χ2v) is 4.21. The molecule has 0 bridgehead atoms. The molecule has 1 aliphatic rings. The highest BCUT2D eigenvalue weighted by Gasteiger charge is 2.16. The number of hydrogen-bond acceptors (Lipinski definition) is 1. The molecule has 0 aliphatic heterocycles. The Morgan fingerprint density at radius 3 is 2.25 bits per heavy atom. The van der Waals surface area contributed by atoms with Gasteiger partial charge < -0.3 is 5.32 Å². The summed E-state index contributed by atoms with van der Waals surface area (Å²) >= 11 is 0. The molecule has 1 saturated carbocycles. The Morgan fingerprint density at radius 2 is 1.75 bits per heavy atom. The maximum Gasteiger partial charge on any atom is 0.194 e. The van der Waals surface area contributed by atoms with Gasteiger partial charge in [0.05, 0.1) is 0 Å². The highest BCUT2D eigenvalue weighted by Crippen LogP contribution is 2.18. The van der Waals surface area contributed by atoms with E-state index in [4.69, 9.17) is 0 Å². The van der Waals surface area contributed by atoms with Crippen molar-refractivity contribution in [2.45, 2.75) is 31.7 Å². The summed E-state index contributed by atoms with van der Waals surface area (Å²) in [6, 6.07) is 2.66. The summed E-state index contributed by atoms with van der Waals surface area (Å²) in [6.07, 6.45) is 4.11. The van der Waals surface area contributed by atoms with Crippen molar-refractivity contribution in [3.8, 4) is 0 Å². The molecule has 16 heavy (non-hydrogen) atoms. The third-order valence-corrected chi connectivity index (χ3v) is 3.00. The van der Waals surface area contributed by atoms with E-state index in [0.29, 0.717) is 24.6 Å². The predicted molar refractivity (Wildman–Crippen MR) is 55.7 cm³/mol. The molecule has 0 unspecified atom stereocenters. The number of hydrogen-bond donors (Lipinski definition) is 1. The minimum Gasteiger partial charge on any atom is -0.314 e. The summed E-state index contributed by atoms with van der Waals surface area (Å²) < 4.78 is 38.4. The summed E-state index contributed by atoms with van der Waals surface area (Å²) in [5.74, 6) is -3.62. The van der Waals surface area contributed by atoms with Gasteiger partial charge >= 0.3 is 0 Å². The second kappa shape index (κ2) is 4.87. The fourth-order valence-electron chi connectivity index (χ4n) is 1.79. The van der Waals surface area contributed by atoms with Crippen molar-refractivity contribution < 1.29 is 13.2 Å². The maximum absolute atomic E-state index is 12.9. The largest absolute Gasteiger partial charge is 0.314 e. The van der Waals surface area contributed by atoms with Gasteiger partial charge in [0.15, 0.2) is 17.5 Å². The van der Waals surface area contributed by atoms with Gasteiger partial charge in [-0.05, 0) is 43.5 Å². The Balaban J connectivity index is 1.88. The fourth-order valence-corrected chi connectivity index (χ4v) is 1.79. The summed E-state index contributed by atoms with van der Waals surface area (Å²) in [7, 11) is 0. The average Bonchev–Trinajstić information content (AvgIpc) is 2.18. The van der Waals surface area contributed by atoms with Crippen molar-refractivity contribution in [2.75, 3.05) is 6.54 Å². The number of benzene rings is 1. The number of halogens is 3. The third-order valence-electron chi connectivity index (χ3n) is 3.00. The van der Waals surface area contributed by atoms with Gasteiger partial charge in [-0.3, -0.25) is 0 Å². The molecule has 1 aromatic rings. The predicted octanol–water partition coefficient (Wildman–Crippen LogP) is 2.79. The standard InChI is InChI=1S/C12H14F3N/c13-10-6-8(7-11(14)12(10)15)4-5-16-9-2-1-3-9/h6-7,9,16H,1-5H2. The van der Waals surface area contributed by atoms with Crippen LogP contribution in [0.1, 0.15) is 24.8 Å². The molecule has 0 amide bonds. The summed E-state index contributed by atoms with van der Waals surface area (Å²) in [4.78, 5) is 0. The quantitative estimate of drug-likeness (QED) is 0.783. The first-order valence-electron chi connectivity index (χ1n) is 5.53. The Bertz CT molecular complexity index is 352. The lowest BCUT2D eigenvalue weighted by Crippen LogP contribution is -2.36. The van der Waals surface area contributed by atoms with Gasteiger partial charge in [-0.15, -0.1) is 0 Å². The SMILES string of the molecule is Fc1cc(CCNC2CCC2)cc(F)c1F. The van der Waals surface area contributed by atoms with Crippen LogP contribution in [0.4, 0.5) is 13.2 Å². The molecule has 1 N–H and O–H groups in total. The van der Waals surface area contributed by atoms with E-state index >= 15 is 0 Å². The van der Waals surface area contributed by atoms with Crippen LogP contribution in [0.2, 0.25) is 0 Å². The van der Waals surface area contributed by atoms with Crippen LogP contribution in [-0.4, -0.2) is 12.6 Å². The number of nitrogens with one attached hydrogen (secondary N) is 1. The monoisotopic (exact) mass is 229 g/mol. The van der Waals surface area contributed by atoms with Crippen LogP contribution >= 0.6 is 0 Å². The molecule has 1 aliphatic carbocycles. The van der Waals surface area contributed by atoms with Crippen LogP contribution in [-0.2, 0) is 6.42 Å². The van der Waals surface area contributed by atoms with E-state index in [1.54, 1.807) is 0 Å². The molecule has 4 heteroatoms. The Kier molecular flexibility index (Phi) is 3.49. The lowest BCUT2D eigenvalue weighted by molar-refractivity contribution is 0.342. The molecule has 0 radical (unpaired) electrons. The molecule has 0 aromatic heterocycles. The van der Waals surface area contributed by atoms with Gasteiger partial charge in [-0.2, -0.15) is 0 Å². The van der Waals surface area contributed by atoms with Crippen LogP contribution in [0.25, 0.3) is 0 Å². The van der Waals surface area contributed by atoms with Crippen molar-refractivity contribution in [3.63, 3.8) is 0 Å². The van der Waals surface area contributed by atoms with Gasteiger partial charge in [-0.25, -0.2) is 13.2 Å². The van der Waals surface area contributed by atoms with Crippen LogP contribution in [0.3, 0.4) is 0 Å². The van der Waals surface area contributed by atoms with E-state index in [0.717, 1.165) is 12.1 Å². The Labute approximate surface area is 92.7 Å². The van der Waals surface area contributed by atoms with Crippen molar-refractivity contribution in [1.82, 2.24) is 5.32 Å². The van der Waals surface area contributed by atoms with E-state index in [9.17, 15) is 13.2 Å². The topological polar surface area (TPSA) is 12.0 Å². The average molecular weight is 229 g/mol. The summed E-state index contributed by atoms with van der Waals surface area (Å²) in [5.41, 5.74) is 0.489. The highest BCUT2D eigenvalue weighted by molar-refractivity contribution is 5.19. The zero-order chi connectivity index (χ0) is 11.5.